The summed E-state index contributed by atoms with van der Waals surface area (Å²) in [5, 5.41) is 8.98. The van der Waals surface area contributed by atoms with Crippen molar-refractivity contribution in [2.24, 2.45) is 0 Å². The van der Waals surface area contributed by atoms with Crippen LogP contribution in [0.2, 0.25) is 0 Å². The highest BCUT2D eigenvalue weighted by Gasteiger charge is 2.16. The molecule has 0 radical (unpaired) electrons. The number of nitrogens with zero attached hydrogens (tertiary/aromatic N) is 3. The molecule has 0 aromatic carbocycles. The van der Waals surface area contributed by atoms with Crippen LogP contribution in [0.1, 0.15) is 28.9 Å². The maximum absolute atomic E-state index is 9.66. The molecule has 3 N–H and O–H groups in total. The highest BCUT2D eigenvalue weighted by molar-refractivity contribution is 7.81. The molecule has 0 aliphatic rings. The minimum atomic E-state index is -4.82. The first-order valence-corrected chi connectivity index (χ1v) is 9.56. The van der Waals surface area contributed by atoms with Gasteiger partial charge in [-0.2, -0.15) is 4.57 Å². The number of thiazole rings is 1. The van der Waals surface area contributed by atoms with E-state index in [1.807, 2.05) is 19.4 Å². The molecule has 0 aliphatic heterocycles. The number of aryl methyl sites for hydroxylation is 1. The van der Waals surface area contributed by atoms with E-state index in [2.05, 4.69) is 18.7 Å². The lowest BCUT2D eigenvalue weighted by molar-refractivity contribution is -0.689. The van der Waals surface area contributed by atoms with Crippen molar-refractivity contribution in [1.82, 2.24) is 9.97 Å². The van der Waals surface area contributed by atoms with Crippen molar-refractivity contribution < 1.29 is 31.6 Å². The van der Waals surface area contributed by atoms with Crippen molar-refractivity contribution in [3.8, 4) is 0 Å². The molecule has 2 aromatic rings. The quantitative estimate of drug-likeness (QED) is 0.371. The number of anilines is 1. The van der Waals surface area contributed by atoms with Crippen LogP contribution in [0.4, 0.5) is 5.82 Å². The lowest BCUT2D eigenvalue weighted by atomic mass is 10.2. The molecule has 2 heterocycles. The van der Waals surface area contributed by atoms with Crippen molar-refractivity contribution >= 4 is 45.9 Å². The van der Waals surface area contributed by atoms with Gasteiger partial charge in [0.25, 0.3) is 10.4 Å². The van der Waals surface area contributed by atoms with Gasteiger partial charge in [-0.15, -0.1) is 12.4 Å². The molecule has 0 atom stereocenters. The van der Waals surface area contributed by atoms with E-state index in [4.69, 9.17) is 10.8 Å². The smallest absolute Gasteiger partial charge is 0.318 e. The number of aromatic nitrogens is 3. The second kappa shape index (κ2) is 11.1. The first-order valence-electron chi connectivity index (χ1n) is 7.34. The van der Waals surface area contributed by atoms with Crippen LogP contribution in [0.3, 0.4) is 0 Å². The van der Waals surface area contributed by atoms with Gasteiger partial charge in [-0.1, -0.05) is 11.3 Å². The number of carbonyl (C=O) groups excluding carboxylic acids is 1. The van der Waals surface area contributed by atoms with E-state index >= 15 is 0 Å². The van der Waals surface area contributed by atoms with Crippen LogP contribution in [0.5, 0.6) is 0 Å². The molecule has 0 fully saturated rings. The number of rotatable bonds is 5. The summed E-state index contributed by atoms with van der Waals surface area (Å²) in [5.74, 6) is 0.0913. The third-order valence-electron chi connectivity index (χ3n) is 3.07. The van der Waals surface area contributed by atoms with Gasteiger partial charge < -0.3 is 19.6 Å². The zero-order chi connectivity index (χ0) is 19.9. The number of hydrogen-bond donors (Lipinski definition) is 2. The number of nitrogens with two attached hydrogens (primary N) is 1. The largest absolute Gasteiger partial charge is 0.716 e. The van der Waals surface area contributed by atoms with Crippen molar-refractivity contribution in [3.63, 3.8) is 0 Å². The molecule has 10 nitrogen and oxygen atoms in total. The second-order valence-electron chi connectivity index (χ2n) is 5.14. The number of halogens is 1. The van der Waals surface area contributed by atoms with E-state index < -0.39 is 16.4 Å². The number of nitrogen functional groups attached to an aromatic ring is 1. The van der Waals surface area contributed by atoms with E-state index in [0.717, 1.165) is 18.2 Å². The normalized spacial score (nSPS) is 10.4. The van der Waals surface area contributed by atoms with Crippen LogP contribution < -0.4 is 10.3 Å². The Kier molecular flexibility index (Phi) is 10.3. The molecule has 0 bridgehead atoms. The fourth-order valence-electron chi connectivity index (χ4n) is 1.91. The van der Waals surface area contributed by atoms with Gasteiger partial charge in [0.1, 0.15) is 11.6 Å². The van der Waals surface area contributed by atoms with Gasteiger partial charge in [0.2, 0.25) is 5.51 Å². The number of hydrogen-bond acceptors (Lipinski definition) is 10. The predicted octanol–water partition coefficient (Wildman–Crippen LogP) is 0.0392. The summed E-state index contributed by atoms with van der Waals surface area (Å²) in [6, 6.07) is 0. The Morgan fingerprint density at radius 2 is 2.07 bits per heavy atom. The van der Waals surface area contributed by atoms with Crippen LogP contribution in [-0.4, -0.2) is 40.6 Å². The topological polar surface area (TPSA) is 159 Å². The summed E-state index contributed by atoms with van der Waals surface area (Å²) in [4.78, 5) is 19.2. The maximum atomic E-state index is 9.66. The van der Waals surface area contributed by atoms with Crippen molar-refractivity contribution in [3.05, 3.63) is 33.7 Å². The molecule has 0 saturated heterocycles. The summed E-state index contributed by atoms with van der Waals surface area (Å²) in [7, 11) is -4.82. The molecule has 2 aromatic heterocycles. The fraction of sp³-hybridized carbons (Fsp3) is 0.429. The van der Waals surface area contributed by atoms with E-state index in [9.17, 15) is 17.8 Å². The maximum Gasteiger partial charge on any atom is 0.318 e. The first kappa shape index (κ1) is 25.1. The molecule has 0 aliphatic carbocycles. The molecule has 2 rings (SSSR count). The first-order chi connectivity index (χ1) is 12.0. The van der Waals surface area contributed by atoms with Crippen LogP contribution in [0.15, 0.2) is 11.7 Å². The Labute approximate surface area is 167 Å². The highest BCUT2D eigenvalue weighted by Crippen LogP contribution is 2.13. The van der Waals surface area contributed by atoms with E-state index in [-0.39, 0.29) is 19.0 Å². The Morgan fingerprint density at radius 1 is 1.44 bits per heavy atom. The molecule has 0 amide bonds. The molecule has 0 spiro atoms. The lowest BCUT2D eigenvalue weighted by Gasteiger charge is -2.02. The Balaban J connectivity index is 0.000000645. The third kappa shape index (κ3) is 9.06. The standard InChI is InChI=1S/C12H17N4OS.C2H4O5S.ClH/c1-8-11(3-4-17)18-7-16(8)6-10-5-14-9(2)15-12(10)13;1-2(3)7-8(4,5)6;/h5,7,17H,3-4,6H2,1-2H3,(H2,13,14,15);1H3,(H,4,5,6);1H/q+1;;/p-1. The zero-order valence-electron chi connectivity index (χ0n) is 14.9. The summed E-state index contributed by atoms with van der Waals surface area (Å²) in [5.41, 5.74) is 10.0. The minimum absolute atomic E-state index is 0. The predicted molar refractivity (Wildman–Crippen MR) is 99.0 cm³/mol. The SMILES string of the molecule is CC(=O)OS(=O)(=O)[O-].Cc1ncc(C[n+]2csc(CCO)c2C)c(N)n1.Cl. The van der Waals surface area contributed by atoms with Gasteiger partial charge in [0.05, 0.1) is 10.4 Å². The zero-order valence-corrected chi connectivity index (χ0v) is 17.4. The number of aliphatic hydroxyl groups excluding tert-OH is 1. The summed E-state index contributed by atoms with van der Waals surface area (Å²) in [6.45, 7) is 5.54. The minimum Gasteiger partial charge on any atom is -0.716 e. The second-order valence-corrected chi connectivity index (χ2v) is 7.07. The summed E-state index contributed by atoms with van der Waals surface area (Å²) < 4.78 is 33.7. The van der Waals surface area contributed by atoms with E-state index in [1.54, 1.807) is 17.5 Å². The van der Waals surface area contributed by atoms with Crippen molar-refractivity contribution in [2.45, 2.75) is 33.7 Å². The molecule has 27 heavy (non-hydrogen) atoms. The van der Waals surface area contributed by atoms with Crippen LogP contribution in [-0.2, 0) is 32.3 Å². The molecular formula is C14H21ClN4O6S2. The van der Waals surface area contributed by atoms with Crippen LogP contribution >= 0.6 is 23.7 Å². The summed E-state index contributed by atoms with van der Waals surface area (Å²) >= 11 is 1.65. The van der Waals surface area contributed by atoms with E-state index in [0.29, 0.717) is 24.6 Å². The van der Waals surface area contributed by atoms with Gasteiger partial charge >= 0.3 is 5.97 Å². The summed E-state index contributed by atoms with van der Waals surface area (Å²) in [6.07, 6.45) is 2.47. The van der Waals surface area contributed by atoms with Gasteiger partial charge in [-0.25, -0.2) is 18.4 Å². The molecule has 0 unspecified atom stereocenters. The Bertz CT molecular complexity index is 872. The molecule has 152 valence electrons. The van der Waals surface area contributed by atoms with Crippen LogP contribution in [0.25, 0.3) is 0 Å². The van der Waals surface area contributed by atoms with Crippen molar-refractivity contribution in [1.29, 1.82) is 0 Å². The third-order valence-corrected chi connectivity index (χ3v) is 4.66. The Morgan fingerprint density at radius 3 is 2.52 bits per heavy atom. The van der Waals surface area contributed by atoms with Gasteiger partial charge in [0.15, 0.2) is 12.2 Å². The molecule has 0 saturated carbocycles. The van der Waals surface area contributed by atoms with Gasteiger partial charge in [0, 0.05) is 33.1 Å². The van der Waals surface area contributed by atoms with Crippen molar-refractivity contribution in [2.75, 3.05) is 12.3 Å². The van der Waals surface area contributed by atoms with Gasteiger partial charge in [-0.05, 0) is 6.92 Å². The average molecular weight is 441 g/mol. The number of aliphatic hydroxyl groups is 1. The fourth-order valence-corrected chi connectivity index (χ4v) is 3.18. The number of carbonyl (C=O) groups is 1. The average Bonchev–Trinajstić information content (AvgIpc) is 2.82. The Hall–Kier alpha value is -1.86. The lowest BCUT2D eigenvalue weighted by Crippen LogP contribution is -2.35. The highest BCUT2D eigenvalue weighted by atomic mass is 35.5. The molecule has 13 heteroatoms. The van der Waals surface area contributed by atoms with Crippen LogP contribution in [0, 0.1) is 13.8 Å². The monoisotopic (exact) mass is 440 g/mol. The molecular weight excluding hydrogens is 420 g/mol. The van der Waals surface area contributed by atoms with Gasteiger partial charge in [-0.3, -0.25) is 4.79 Å². The van der Waals surface area contributed by atoms with E-state index in [1.165, 1.54) is 4.88 Å².